The predicted octanol–water partition coefficient (Wildman–Crippen LogP) is 3.74. The average Bonchev–Trinajstić information content (AvgIpc) is 2.89. The molecule has 0 saturated heterocycles. The molecule has 3 rings (SSSR count). The van der Waals surface area contributed by atoms with Crippen molar-refractivity contribution in [2.75, 3.05) is 5.73 Å². The van der Waals surface area contributed by atoms with Gasteiger partial charge in [0.25, 0.3) is 0 Å². The summed E-state index contributed by atoms with van der Waals surface area (Å²) in [4.78, 5) is 0. The lowest BCUT2D eigenvalue weighted by molar-refractivity contribution is 0.700. The second-order valence-electron chi connectivity index (χ2n) is 5.15. The van der Waals surface area contributed by atoms with Gasteiger partial charge in [-0.05, 0) is 17.5 Å². The summed E-state index contributed by atoms with van der Waals surface area (Å²) in [5.74, 6) is 0.688. The molecule has 3 heteroatoms. The Hall–Kier alpha value is -2.55. The number of rotatable bonds is 4. The Morgan fingerprint density at radius 1 is 0.952 bits per heavy atom. The Balaban J connectivity index is 1.86. The fraction of sp³-hybridized carbons (Fsp3) is 0.167. The number of nitrogens with zero attached hydrogens (tertiary/aromatic N) is 2. The lowest BCUT2D eigenvalue weighted by Crippen LogP contribution is -2.05. The Bertz CT molecular complexity index is 712. The van der Waals surface area contributed by atoms with E-state index in [0.29, 0.717) is 12.4 Å². The van der Waals surface area contributed by atoms with Crippen LogP contribution in [0.4, 0.5) is 5.82 Å². The van der Waals surface area contributed by atoms with E-state index in [1.807, 2.05) is 28.9 Å². The number of anilines is 1. The first-order valence-electron chi connectivity index (χ1n) is 7.23. The summed E-state index contributed by atoms with van der Waals surface area (Å²) in [6, 6.07) is 20.7. The number of nitrogen functional groups attached to an aromatic ring is 1. The first-order chi connectivity index (χ1) is 10.3. The summed E-state index contributed by atoms with van der Waals surface area (Å²) < 4.78 is 1.85. The van der Waals surface area contributed by atoms with Crippen molar-refractivity contribution in [3.05, 3.63) is 71.8 Å². The molecular weight excluding hydrogens is 258 g/mol. The van der Waals surface area contributed by atoms with Gasteiger partial charge < -0.3 is 5.73 Å². The van der Waals surface area contributed by atoms with E-state index in [1.165, 1.54) is 11.1 Å². The summed E-state index contributed by atoms with van der Waals surface area (Å²) in [7, 11) is 0. The van der Waals surface area contributed by atoms with Crippen LogP contribution in [0.3, 0.4) is 0 Å². The maximum Gasteiger partial charge on any atom is 0.122 e. The van der Waals surface area contributed by atoms with Gasteiger partial charge in [0, 0.05) is 11.6 Å². The average molecular weight is 277 g/mol. The molecule has 0 unspecified atom stereocenters. The summed E-state index contributed by atoms with van der Waals surface area (Å²) >= 11 is 0. The van der Waals surface area contributed by atoms with Crippen LogP contribution in [-0.4, -0.2) is 9.78 Å². The molecule has 106 valence electrons. The third-order valence-corrected chi connectivity index (χ3v) is 3.64. The zero-order chi connectivity index (χ0) is 14.7. The summed E-state index contributed by atoms with van der Waals surface area (Å²) in [6.45, 7) is 2.85. The fourth-order valence-corrected chi connectivity index (χ4v) is 2.37. The Labute approximate surface area is 125 Å². The lowest BCUT2D eigenvalue weighted by atomic mass is 10.1. The van der Waals surface area contributed by atoms with Crippen LogP contribution in [0.2, 0.25) is 0 Å². The van der Waals surface area contributed by atoms with E-state index in [2.05, 4.69) is 48.4 Å². The van der Waals surface area contributed by atoms with E-state index in [0.717, 1.165) is 17.7 Å². The first-order valence-corrected chi connectivity index (χ1v) is 7.23. The van der Waals surface area contributed by atoms with Crippen LogP contribution in [0.15, 0.2) is 60.7 Å². The highest BCUT2D eigenvalue weighted by molar-refractivity contribution is 5.62. The molecule has 21 heavy (non-hydrogen) atoms. The van der Waals surface area contributed by atoms with Gasteiger partial charge in [-0.15, -0.1) is 0 Å². The highest BCUT2D eigenvalue weighted by atomic mass is 15.3. The van der Waals surface area contributed by atoms with Gasteiger partial charge in [0.1, 0.15) is 5.82 Å². The van der Waals surface area contributed by atoms with Crippen molar-refractivity contribution in [2.24, 2.45) is 0 Å². The second kappa shape index (κ2) is 5.83. The van der Waals surface area contributed by atoms with Crippen molar-refractivity contribution in [3.63, 3.8) is 0 Å². The Kier molecular flexibility index (Phi) is 3.73. The molecule has 0 aliphatic heterocycles. The number of nitrogens with two attached hydrogens (primary N) is 1. The maximum atomic E-state index is 6.08. The third kappa shape index (κ3) is 2.97. The fourth-order valence-electron chi connectivity index (χ4n) is 2.37. The molecular formula is C18H19N3. The molecule has 0 radical (unpaired) electrons. The largest absolute Gasteiger partial charge is 0.384 e. The third-order valence-electron chi connectivity index (χ3n) is 3.64. The second-order valence-corrected chi connectivity index (χ2v) is 5.15. The summed E-state index contributed by atoms with van der Waals surface area (Å²) in [6.07, 6.45) is 1.05. The number of benzene rings is 2. The maximum absolute atomic E-state index is 6.08. The van der Waals surface area contributed by atoms with Crippen molar-refractivity contribution in [3.8, 4) is 11.3 Å². The molecule has 0 spiro atoms. The number of hydrogen-bond donors (Lipinski definition) is 1. The van der Waals surface area contributed by atoms with Gasteiger partial charge in [-0.25, -0.2) is 4.68 Å². The Morgan fingerprint density at radius 2 is 1.67 bits per heavy atom. The molecule has 0 atom stereocenters. The van der Waals surface area contributed by atoms with Gasteiger partial charge in [-0.3, -0.25) is 0 Å². The van der Waals surface area contributed by atoms with Crippen LogP contribution in [0.5, 0.6) is 0 Å². The SMILES string of the molecule is CCc1ccc(-c2cc(N)n(Cc3ccccc3)n2)cc1. The van der Waals surface area contributed by atoms with Gasteiger partial charge in [0.2, 0.25) is 0 Å². The summed E-state index contributed by atoms with van der Waals surface area (Å²) in [5, 5.41) is 4.62. The van der Waals surface area contributed by atoms with Gasteiger partial charge in [-0.2, -0.15) is 5.10 Å². The van der Waals surface area contributed by atoms with E-state index in [9.17, 15) is 0 Å². The smallest absolute Gasteiger partial charge is 0.122 e. The van der Waals surface area contributed by atoms with Crippen molar-refractivity contribution >= 4 is 5.82 Å². The normalized spacial score (nSPS) is 10.7. The van der Waals surface area contributed by atoms with Gasteiger partial charge >= 0.3 is 0 Å². The molecule has 2 N–H and O–H groups in total. The van der Waals surface area contributed by atoms with Crippen LogP contribution < -0.4 is 5.73 Å². The van der Waals surface area contributed by atoms with Crippen LogP contribution in [-0.2, 0) is 13.0 Å². The molecule has 0 bridgehead atoms. The van der Waals surface area contributed by atoms with E-state index < -0.39 is 0 Å². The lowest BCUT2D eigenvalue weighted by Gasteiger charge is -2.03. The zero-order valence-corrected chi connectivity index (χ0v) is 12.2. The molecule has 2 aromatic carbocycles. The molecule has 0 fully saturated rings. The van der Waals surface area contributed by atoms with Crippen molar-refractivity contribution in [2.45, 2.75) is 19.9 Å². The topological polar surface area (TPSA) is 43.8 Å². The molecule has 0 aliphatic rings. The molecule has 0 amide bonds. The van der Waals surface area contributed by atoms with Crippen LogP contribution in [0.25, 0.3) is 11.3 Å². The van der Waals surface area contributed by atoms with Crippen molar-refractivity contribution in [1.29, 1.82) is 0 Å². The van der Waals surface area contributed by atoms with Gasteiger partial charge in [0.15, 0.2) is 0 Å². The van der Waals surface area contributed by atoms with Crippen molar-refractivity contribution in [1.82, 2.24) is 9.78 Å². The minimum atomic E-state index is 0.688. The molecule has 3 aromatic rings. The van der Waals surface area contributed by atoms with Gasteiger partial charge in [0.05, 0.1) is 12.2 Å². The quantitative estimate of drug-likeness (QED) is 0.789. The molecule has 1 heterocycles. The Morgan fingerprint density at radius 3 is 2.33 bits per heavy atom. The summed E-state index contributed by atoms with van der Waals surface area (Å²) in [5.41, 5.74) is 10.6. The van der Waals surface area contributed by atoms with Crippen LogP contribution in [0.1, 0.15) is 18.1 Å². The van der Waals surface area contributed by atoms with E-state index in [4.69, 9.17) is 5.73 Å². The van der Waals surface area contributed by atoms with Crippen LogP contribution >= 0.6 is 0 Å². The first kappa shape index (κ1) is 13.4. The highest BCUT2D eigenvalue weighted by Crippen LogP contribution is 2.21. The molecule has 0 saturated carbocycles. The van der Waals surface area contributed by atoms with Crippen LogP contribution in [0, 0.1) is 0 Å². The molecule has 0 aliphatic carbocycles. The monoisotopic (exact) mass is 277 g/mol. The minimum absolute atomic E-state index is 0.688. The number of aromatic nitrogens is 2. The predicted molar refractivity (Wildman–Crippen MR) is 87.0 cm³/mol. The van der Waals surface area contributed by atoms with E-state index in [-0.39, 0.29) is 0 Å². The van der Waals surface area contributed by atoms with E-state index in [1.54, 1.807) is 0 Å². The minimum Gasteiger partial charge on any atom is -0.384 e. The standard InChI is InChI=1S/C18H19N3/c1-2-14-8-10-16(11-9-14)17-12-18(19)21(20-17)13-15-6-4-3-5-7-15/h3-12H,2,13,19H2,1H3. The number of aryl methyl sites for hydroxylation is 1. The van der Waals surface area contributed by atoms with Gasteiger partial charge in [-0.1, -0.05) is 61.5 Å². The number of hydrogen-bond acceptors (Lipinski definition) is 2. The highest BCUT2D eigenvalue weighted by Gasteiger charge is 2.07. The van der Waals surface area contributed by atoms with Crippen molar-refractivity contribution < 1.29 is 0 Å². The molecule has 1 aromatic heterocycles. The molecule has 3 nitrogen and oxygen atoms in total. The zero-order valence-electron chi connectivity index (χ0n) is 12.2. The van der Waals surface area contributed by atoms with E-state index >= 15 is 0 Å².